The Morgan fingerprint density at radius 1 is 1.11 bits per heavy atom. The van der Waals surface area contributed by atoms with Gasteiger partial charge in [0.15, 0.2) is 0 Å². The Hall–Kier alpha value is -1.89. The van der Waals surface area contributed by atoms with Crippen LogP contribution < -0.4 is 10.9 Å². The molecule has 0 spiro atoms. The lowest BCUT2D eigenvalue weighted by atomic mass is 10.0. The Kier molecular flexibility index (Phi) is 5.99. The van der Waals surface area contributed by atoms with Crippen molar-refractivity contribution in [2.75, 3.05) is 13.1 Å². The number of nitrogens with one attached hydrogen (secondary N) is 2. The van der Waals surface area contributed by atoms with Crippen molar-refractivity contribution in [1.29, 1.82) is 0 Å². The number of hydrogen-bond donors (Lipinski definition) is 2. The van der Waals surface area contributed by atoms with E-state index in [1.807, 2.05) is 16.7 Å². The van der Waals surface area contributed by atoms with Crippen molar-refractivity contribution in [2.45, 2.75) is 48.4 Å². The molecule has 2 N–H and O–H groups in total. The third-order valence-electron chi connectivity index (χ3n) is 5.52. The van der Waals surface area contributed by atoms with Gasteiger partial charge in [0, 0.05) is 29.3 Å². The van der Waals surface area contributed by atoms with Gasteiger partial charge in [-0.25, -0.2) is 15.2 Å². The maximum atomic E-state index is 13.1. The first-order valence-electron chi connectivity index (χ1n) is 9.87. The van der Waals surface area contributed by atoms with E-state index in [0.29, 0.717) is 11.7 Å². The molecule has 2 aliphatic rings. The molecule has 2 aromatic carbocycles. The van der Waals surface area contributed by atoms with Crippen molar-refractivity contribution in [1.82, 2.24) is 15.8 Å². The molecule has 148 valence electrons. The summed E-state index contributed by atoms with van der Waals surface area (Å²) >= 11 is 1.93. The maximum Gasteiger partial charge on any atom is 0.241 e. The number of amides is 1. The van der Waals surface area contributed by atoms with E-state index in [0.717, 1.165) is 31.5 Å². The topological polar surface area (TPSA) is 44.4 Å². The van der Waals surface area contributed by atoms with Crippen LogP contribution in [0.1, 0.15) is 36.4 Å². The van der Waals surface area contributed by atoms with Crippen LogP contribution in [0.5, 0.6) is 0 Å². The van der Waals surface area contributed by atoms with Crippen LogP contribution in [0.3, 0.4) is 0 Å². The highest BCUT2D eigenvalue weighted by Gasteiger charge is 2.34. The number of benzene rings is 2. The van der Waals surface area contributed by atoms with Crippen molar-refractivity contribution in [2.24, 2.45) is 0 Å². The van der Waals surface area contributed by atoms with Crippen molar-refractivity contribution >= 4 is 17.7 Å². The van der Waals surface area contributed by atoms with Crippen LogP contribution in [0.4, 0.5) is 4.39 Å². The monoisotopic (exact) mass is 399 g/mol. The molecule has 2 atom stereocenters. The number of carbonyl (C=O) groups is 1. The number of thioether (sulfide) groups is 1. The first-order valence-corrected chi connectivity index (χ1v) is 10.7. The number of likely N-dealkylation sites (tertiary alicyclic amines) is 1. The zero-order valence-corrected chi connectivity index (χ0v) is 16.8. The predicted octanol–water partition coefficient (Wildman–Crippen LogP) is 3.83. The number of aryl methyl sites for hydroxylation is 1. The van der Waals surface area contributed by atoms with Crippen LogP contribution in [0, 0.1) is 12.7 Å². The van der Waals surface area contributed by atoms with Crippen molar-refractivity contribution < 1.29 is 9.18 Å². The maximum absolute atomic E-state index is 13.1. The van der Waals surface area contributed by atoms with E-state index >= 15 is 0 Å². The van der Waals surface area contributed by atoms with E-state index < -0.39 is 0 Å². The molecule has 2 fully saturated rings. The molecule has 2 heterocycles. The summed E-state index contributed by atoms with van der Waals surface area (Å²) in [5.41, 5.74) is 8.60. The number of rotatable bonds is 4. The van der Waals surface area contributed by atoms with Gasteiger partial charge in [-0.3, -0.25) is 4.79 Å². The average Bonchev–Trinajstić information content (AvgIpc) is 3.19. The summed E-state index contributed by atoms with van der Waals surface area (Å²) in [5, 5.41) is 0.562. The molecule has 0 aliphatic carbocycles. The predicted molar refractivity (Wildman–Crippen MR) is 110 cm³/mol. The van der Waals surface area contributed by atoms with Gasteiger partial charge in [-0.1, -0.05) is 29.8 Å². The Morgan fingerprint density at radius 3 is 2.57 bits per heavy atom. The van der Waals surface area contributed by atoms with Gasteiger partial charge in [0.2, 0.25) is 5.91 Å². The Balaban J connectivity index is 1.28. The molecule has 2 unspecified atom stereocenters. The summed E-state index contributed by atoms with van der Waals surface area (Å²) in [6.07, 6.45) is 2.72. The molecule has 0 aromatic heterocycles. The fourth-order valence-electron chi connectivity index (χ4n) is 3.93. The molecular weight excluding hydrogens is 373 g/mol. The Morgan fingerprint density at radius 2 is 1.86 bits per heavy atom. The third kappa shape index (κ3) is 4.57. The summed E-state index contributed by atoms with van der Waals surface area (Å²) in [5.74, 6) is -0.0788. The number of hydrazine groups is 1. The van der Waals surface area contributed by atoms with E-state index in [1.54, 1.807) is 12.1 Å². The second-order valence-corrected chi connectivity index (χ2v) is 9.01. The zero-order chi connectivity index (χ0) is 19.5. The van der Waals surface area contributed by atoms with Gasteiger partial charge in [-0.15, -0.1) is 11.8 Å². The van der Waals surface area contributed by atoms with Gasteiger partial charge in [0.25, 0.3) is 0 Å². The number of hydrogen-bond acceptors (Lipinski definition) is 4. The number of halogens is 1. The third-order valence-corrected chi connectivity index (χ3v) is 6.85. The molecule has 28 heavy (non-hydrogen) atoms. The van der Waals surface area contributed by atoms with Gasteiger partial charge in [0.1, 0.15) is 11.9 Å². The van der Waals surface area contributed by atoms with Crippen molar-refractivity contribution in [3.8, 4) is 0 Å². The number of piperidine rings is 1. The average molecular weight is 400 g/mol. The highest BCUT2D eigenvalue weighted by Crippen LogP contribution is 2.31. The Labute approximate surface area is 169 Å². The molecule has 0 bridgehead atoms. The van der Waals surface area contributed by atoms with Gasteiger partial charge < -0.3 is 4.90 Å². The summed E-state index contributed by atoms with van der Waals surface area (Å²) in [7, 11) is 0. The standard InChI is InChI=1S/C22H26FN3OS/c1-15-3-2-4-19(13-15)28-18-9-11-26(12-10-18)22(27)21-14-20(24-25-21)16-5-7-17(23)8-6-16/h2-8,13,18,20-21,24-25H,9-12,14H2,1H3. The van der Waals surface area contributed by atoms with E-state index in [-0.39, 0.29) is 23.8 Å². The fourth-order valence-corrected chi connectivity index (χ4v) is 5.17. The minimum Gasteiger partial charge on any atom is -0.341 e. The van der Waals surface area contributed by atoms with E-state index in [1.165, 1.54) is 22.6 Å². The van der Waals surface area contributed by atoms with Gasteiger partial charge in [-0.2, -0.15) is 0 Å². The minimum atomic E-state index is -0.242. The van der Waals surface area contributed by atoms with E-state index in [9.17, 15) is 9.18 Å². The molecule has 0 radical (unpaired) electrons. The van der Waals surface area contributed by atoms with Crippen LogP contribution in [0.2, 0.25) is 0 Å². The lowest BCUT2D eigenvalue weighted by molar-refractivity contribution is -0.134. The molecule has 2 aromatic rings. The van der Waals surface area contributed by atoms with Crippen LogP contribution >= 0.6 is 11.8 Å². The lowest BCUT2D eigenvalue weighted by Gasteiger charge is -2.33. The highest BCUT2D eigenvalue weighted by molar-refractivity contribution is 8.00. The number of carbonyl (C=O) groups excluding carboxylic acids is 1. The van der Waals surface area contributed by atoms with Crippen LogP contribution in [0.15, 0.2) is 53.4 Å². The van der Waals surface area contributed by atoms with Crippen molar-refractivity contribution in [3.63, 3.8) is 0 Å². The second-order valence-electron chi connectivity index (χ2n) is 7.64. The lowest BCUT2D eigenvalue weighted by Crippen LogP contribution is -2.48. The SMILES string of the molecule is Cc1cccc(SC2CCN(C(=O)C3CC(c4ccc(F)cc4)NN3)CC2)c1. The fraction of sp³-hybridized carbons (Fsp3) is 0.409. The van der Waals surface area contributed by atoms with Gasteiger partial charge in [-0.05, 0) is 56.0 Å². The van der Waals surface area contributed by atoms with E-state index in [4.69, 9.17) is 0 Å². The number of nitrogens with zero attached hydrogens (tertiary/aromatic N) is 1. The van der Waals surface area contributed by atoms with Crippen LogP contribution in [-0.4, -0.2) is 35.2 Å². The molecule has 4 nitrogen and oxygen atoms in total. The molecule has 2 aliphatic heterocycles. The first kappa shape index (κ1) is 19.4. The van der Waals surface area contributed by atoms with Gasteiger partial charge in [0.05, 0.1) is 0 Å². The Bertz CT molecular complexity index is 821. The molecule has 1 amide bonds. The quantitative estimate of drug-likeness (QED) is 0.820. The summed E-state index contributed by atoms with van der Waals surface area (Å²) in [4.78, 5) is 16.2. The van der Waals surface area contributed by atoms with Crippen molar-refractivity contribution in [3.05, 3.63) is 65.5 Å². The highest BCUT2D eigenvalue weighted by atomic mass is 32.2. The largest absolute Gasteiger partial charge is 0.341 e. The smallest absolute Gasteiger partial charge is 0.241 e. The summed E-state index contributed by atoms with van der Waals surface area (Å²) in [6, 6.07) is 14.9. The molecule has 6 heteroatoms. The van der Waals surface area contributed by atoms with Crippen LogP contribution in [-0.2, 0) is 4.79 Å². The normalized spacial score (nSPS) is 23.1. The first-order chi connectivity index (χ1) is 13.6. The molecule has 2 saturated heterocycles. The van der Waals surface area contributed by atoms with E-state index in [2.05, 4.69) is 42.0 Å². The molecular formula is C22H26FN3OS. The minimum absolute atomic E-state index is 0.0314. The molecule has 4 rings (SSSR count). The summed E-state index contributed by atoms with van der Waals surface area (Å²) < 4.78 is 13.1. The summed E-state index contributed by atoms with van der Waals surface area (Å²) in [6.45, 7) is 3.73. The van der Waals surface area contributed by atoms with Gasteiger partial charge >= 0.3 is 0 Å². The molecule has 0 saturated carbocycles. The van der Waals surface area contributed by atoms with Crippen LogP contribution in [0.25, 0.3) is 0 Å². The zero-order valence-electron chi connectivity index (χ0n) is 16.0. The second kappa shape index (κ2) is 8.64.